The maximum atomic E-state index is 11.8. The second kappa shape index (κ2) is 7.01. The zero-order chi connectivity index (χ0) is 16.1. The number of para-hydroxylation sites is 1. The van der Waals surface area contributed by atoms with Crippen LogP contribution in [0.25, 0.3) is 10.2 Å². The molecule has 0 aliphatic carbocycles. The number of nitrogens with one attached hydrogen (secondary N) is 2. The number of aryl methyl sites for hydroxylation is 1. The molecular formula is C15H15N5O2S. The van der Waals surface area contributed by atoms with Gasteiger partial charge in [0.15, 0.2) is 5.13 Å². The molecule has 1 aromatic carbocycles. The first kappa shape index (κ1) is 15.2. The molecule has 0 radical (unpaired) electrons. The molecule has 118 valence electrons. The van der Waals surface area contributed by atoms with Crippen LogP contribution in [0.4, 0.5) is 5.13 Å². The van der Waals surface area contributed by atoms with E-state index in [4.69, 9.17) is 0 Å². The van der Waals surface area contributed by atoms with E-state index >= 15 is 0 Å². The maximum Gasteiger partial charge on any atom is 0.315 e. The first-order valence-corrected chi connectivity index (χ1v) is 7.94. The van der Waals surface area contributed by atoms with Crippen LogP contribution in [-0.2, 0) is 16.1 Å². The number of benzene rings is 1. The summed E-state index contributed by atoms with van der Waals surface area (Å²) in [7, 11) is 0. The molecule has 2 heterocycles. The Hall–Kier alpha value is -2.74. The second-order valence-electron chi connectivity index (χ2n) is 4.85. The quantitative estimate of drug-likeness (QED) is 0.550. The fraction of sp³-hybridized carbons (Fsp3) is 0.200. The highest BCUT2D eigenvalue weighted by Gasteiger charge is 2.15. The van der Waals surface area contributed by atoms with Crippen molar-refractivity contribution in [3.05, 3.63) is 43.0 Å². The van der Waals surface area contributed by atoms with Gasteiger partial charge in [-0.1, -0.05) is 23.5 Å². The number of imidazole rings is 1. The number of amides is 2. The van der Waals surface area contributed by atoms with Gasteiger partial charge in [0.1, 0.15) is 0 Å². The van der Waals surface area contributed by atoms with E-state index in [1.54, 1.807) is 12.5 Å². The molecule has 8 heteroatoms. The van der Waals surface area contributed by atoms with Gasteiger partial charge in [-0.15, -0.1) is 0 Å². The molecule has 0 saturated heterocycles. The van der Waals surface area contributed by atoms with Crippen molar-refractivity contribution in [3.8, 4) is 0 Å². The number of nitrogens with zero attached hydrogens (tertiary/aromatic N) is 3. The van der Waals surface area contributed by atoms with Gasteiger partial charge in [0.2, 0.25) is 0 Å². The number of anilines is 1. The standard InChI is InChI=1S/C15H15N5O2S/c21-13(17-6-3-8-20-9-7-16-10-20)14(22)19-15-18-11-4-1-2-5-12(11)23-15/h1-2,4-5,7,9-10H,3,6,8H2,(H,17,21)(H,18,19,22). The average Bonchev–Trinajstić information content (AvgIpc) is 3.19. The van der Waals surface area contributed by atoms with Crippen molar-refractivity contribution in [3.63, 3.8) is 0 Å². The number of aromatic nitrogens is 3. The summed E-state index contributed by atoms with van der Waals surface area (Å²) in [5.74, 6) is -1.36. The molecule has 3 rings (SSSR count). The van der Waals surface area contributed by atoms with Gasteiger partial charge in [-0.3, -0.25) is 14.9 Å². The predicted molar refractivity (Wildman–Crippen MR) is 88.1 cm³/mol. The Bertz CT molecular complexity index is 779. The van der Waals surface area contributed by atoms with Crippen molar-refractivity contribution < 1.29 is 9.59 Å². The molecule has 0 unspecified atom stereocenters. The SMILES string of the molecule is O=C(NCCCn1ccnc1)C(=O)Nc1nc2ccccc2s1. The van der Waals surface area contributed by atoms with E-state index in [9.17, 15) is 9.59 Å². The Morgan fingerprint density at radius 2 is 2.09 bits per heavy atom. The van der Waals surface area contributed by atoms with Crippen LogP contribution >= 0.6 is 11.3 Å². The van der Waals surface area contributed by atoms with Gasteiger partial charge in [-0.2, -0.15) is 0 Å². The molecule has 0 spiro atoms. The Morgan fingerprint density at radius 1 is 1.22 bits per heavy atom. The van der Waals surface area contributed by atoms with Crippen LogP contribution in [0, 0.1) is 0 Å². The van der Waals surface area contributed by atoms with E-state index in [-0.39, 0.29) is 0 Å². The minimum absolute atomic E-state index is 0.421. The zero-order valence-corrected chi connectivity index (χ0v) is 13.0. The number of rotatable bonds is 5. The maximum absolute atomic E-state index is 11.8. The monoisotopic (exact) mass is 329 g/mol. The van der Waals surface area contributed by atoms with E-state index in [0.717, 1.165) is 23.2 Å². The molecule has 0 saturated carbocycles. The molecule has 0 atom stereocenters. The molecule has 2 amide bonds. The minimum Gasteiger partial charge on any atom is -0.348 e. The Morgan fingerprint density at radius 3 is 2.87 bits per heavy atom. The third-order valence-electron chi connectivity index (χ3n) is 3.16. The second-order valence-corrected chi connectivity index (χ2v) is 5.88. The van der Waals surface area contributed by atoms with Gasteiger partial charge in [0.05, 0.1) is 16.5 Å². The lowest BCUT2D eigenvalue weighted by atomic mass is 10.3. The van der Waals surface area contributed by atoms with E-state index in [1.807, 2.05) is 35.0 Å². The summed E-state index contributed by atoms with van der Waals surface area (Å²) in [6, 6.07) is 7.55. The number of hydrogen-bond donors (Lipinski definition) is 2. The highest BCUT2D eigenvalue weighted by Crippen LogP contribution is 2.25. The Kier molecular flexibility index (Phi) is 4.62. The zero-order valence-electron chi connectivity index (χ0n) is 12.2. The summed E-state index contributed by atoms with van der Waals surface area (Å²) in [6.45, 7) is 1.16. The van der Waals surface area contributed by atoms with E-state index in [1.165, 1.54) is 11.3 Å². The summed E-state index contributed by atoms with van der Waals surface area (Å²) >= 11 is 1.34. The van der Waals surface area contributed by atoms with Crippen molar-refractivity contribution in [1.29, 1.82) is 0 Å². The van der Waals surface area contributed by atoms with Crippen LogP contribution in [0.1, 0.15) is 6.42 Å². The van der Waals surface area contributed by atoms with Gasteiger partial charge in [0.25, 0.3) is 0 Å². The number of hydrogen-bond acceptors (Lipinski definition) is 5. The smallest absolute Gasteiger partial charge is 0.315 e. The van der Waals surface area contributed by atoms with Crippen molar-refractivity contribution >= 4 is 38.5 Å². The van der Waals surface area contributed by atoms with Gasteiger partial charge in [-0.05, 0) is 18.6 Å². The molecule has 7 nitrogen and oxygen atoms in total. The van der Waals surface area contributed by atoms with E-state index in [2.05, 4.69) is 20.6 Å². The number of carbonyl (C=O) groups excluding carboxylic acids is 2. The highest BCUT2D eigenvalue weighted by molar-refractivity contribution is 7.22. The summed E-state index contributed by atoms with van der Waals surface area (Å²) in [4.78, 5) is 31.8. The van der Waals surface area contributed by atoms with Crippen molar-refractivity contribution in [2.24, 2.45) is 0 Å². The van der Waals surface area contributed by atoms with Crippen molar-refractivity contribution in [1.82, 2.24) is 19.9 Å². The largest absolute Gasteiger partial charge is 0.348 e. The minimum atomic E-state index is -0.702. The summed E-state index contributed by atoms with van der Waals surface area (Å²) in [5, 5.41) is 5.54. The van der Waals surface area contributed by atoms with Crippen LogP contribution in [0.3, 0.4) is 0 Å². The Balaban J connectivity index is 1.46. The number of carbonyl (C=O) groups is 2. The molecule has 2 N–H and O–H groups in total. The lowest BCUT2D eigenvalue weighted by Gasteiger charge is -2.05. The van der Waals surface area contributed by atoms with Gasteiger partial charge >= 0.3 is 11.8 Å². The third-order valence-corrected chi connectivity index (χ3v) is 4.11. The molecular weight excluding hydrogens is 314 g/mol. The molecule has 23 heavy (non-hydrogen) atoms. The van der Waals surface area contributed by atoms with Gasteiger partial charge in [0, 0.05) is 25.5 Å². The average molecular weight is 329 g/mol. The van der Waals surface area contributed by atoms with Gasteiger partial charge in [-0.25, -0.2) is 9.97 Å². The fourth-order valence-corrected chi connectivity index (χ4v) is 2.90. The van der Waals surface area contributed by atoms with E-state index < -0.39 is 11.8 Å². The number of thiazole rings is 1. The number of fused-ring (bicyclic) bond motifs is 1. The predicted octanol–water partition coefficient (Wildman–Crippen LogP) is 1.64. The molecule has 0 aliphatic heterocycles. The lowest BCUT2D eigenvalue weighted by molar-refractivity contribution is -0.136. The third kappa shape index (κ3) is 3.92. The van der Waals surface area contributed by atoms with Gasteiger partial charge < -0.3 is 9.88 Å². The molecule has 3 aromatic rings. The first-order chi connectivity index (χ1) is 11.2. The highest BCUT2D eigenvalue weighted by atomic mass is 32.1. The normalized spacial score (nSPS) is 10.6. The first-order valence-electron chi connectivity index (χ1n) is 7.13. The Labute approximate surface area is 136 Å². The fourth-order valence-electron chi connectivity index (χ4n) is 2.04. The summed E-state index contributed by atoms with van der Waals surface area (Å²) < 4.78 is 2.87. The van der Waals surface area contributed by atoms with Crippen molar-refractivity contribution in [2.75, 3.05) is 11.9 Å². The molecule has 0 bridgehead atoms. The van der Waals surface area contributed by atoms with Crippen LogP contribution in [0.15, 0.2) is 43.0 Å². The summed E-state index contributed by atoms with van der Waals surface area (Å²) in [6.07, 6.45) is 5.98. The van der Waals surface area contributed by atoms with Crippen molar-refractivity contribution in [2.45, 2.75) is 13.0 Å². The molecule has 0 fully saturated rings. The van der Waals surface area contributed by atoms with Crippen LogP contribution in [-0.4, -0.2) is 32.9 Å². The van der Waals surface area contributed by atoms with Crippen LogP contribution < -0.4 is 10.6 Å². The van der Waals surface area contributed by atoms with Crippen LogP contribution in [0.2, 0.25) is 0 Å². The van der Waals surface area contributed by atoms with E-state index in [0.29, 0.717) is 11.7 Å². The summed E-state index contributed by atoms with van der Waals surface area (Å²) in [5.41, 5.74) is 0.800. The lowest BCUT2D eigenvalue weighted by Crippen LogP contribution is -2.36. The van der Waals surface area contributed by atoms with Crippen LogP contribution in [0.5, 0.6) is 0 Å². The molecule has 2 aromatic heterocycles. The molecule has 0 aliphatic rings. The topological polar surface area (TPSA) is 88.9 Å².